The van der Waals surface area contributed by atoms with Crippen LogP contribution in [0.25, 0.3) is 0 Å². The van der Waals surface area contributed by atoms with Crippen LogP contribution in [-0.2, 0) is 9.53 Å². The molecular weight excluding hydrogens is 180 g/mol. The molecule has 0 radical (unpaired) electrons. The quantitative estimate of drug-likeness (QED) is 0.545. The van der Waals surface area contributed by atoms with Crippen molar-refractivity contribution in [1.29, 1.82) is 0 Å². The van der Waals surface area contributed by atoms with Gasteiger partial charge in [0.1, 0.15) is 5.60 Å². The summed E-state index contributed by atoms with van der Waals surface area (Å²) in [5.41, 5.74) is -0.497. The molecule has 0 aromatic carbocycles. The second kappa shape index (κ2) is 4.67. The molecule has 0 saturated carbocycles. The van der Waals surface area contributed by atoms with Gasteiger partial charge in [0.2, 0.25) is 0 Å². The van der Waals surface area contributed by atoms with Crippen LogP contribution < -0.4 is 0 Å². The van der Waals surface area contributed by atoms with E-state index >= 15 is 0 Å². The lowest BCUT2D eigenvalue weighted by atomic mass is 10.2. The van der Waals surface area contributed by atoms with Gasteiger partial charge in [0.25, 0.3) is 0 Å². The highest BCUT2D eigenvalue weighted by Gasteiger charge is 2.18. The summed E-state index contributed by atoms with van der Waals surface area (Å²) >= 11 is 5.31. The van der Waals surface area contributed by atoms with Gasteiger partial charge >= 0.3 is 5.97 Å². The highest BCUT2D eigenvalue weighted by atomic mass is 35.5. The zero-order valence-corrected chi connectivity index (χ0v) is 8.39. The predicted octanol–water partition coefficient (Wildman–Crippen LogP) is 1.32. The first kappa shape index (κ1) is 11.7. The first-order chi connectivity index (χ1) is 5.35. The third kappa shape index (κ3) is 6.43. The van der Waals surface area contributed by atoms with E-state index in [-0.39, 0.29) is 12.3 Å². The Morgan fingerprint density at radius 3 is 2.42 bits per heavy atom. The van der Waals surface area contributed by atoms with Gasteiger partial charge in [-0.05, 0) is 20.8 Å². The van der Waals surface area contributed by atoms with E-state index in [2.05, 4.69) is 0 Å². The van der Waals surface area contributed by atoms with E-state index in [0.29, 0.717) is 0 Å². The Labute approximate surface area is 77.7 Å². The lowest BCUT2D eigenvalue weighted by Crippen LogP contribution is -2.26. The third-order valence-corrected chi connectivity index (χ3v) is 1.36. The number of ether oxygens (including phenoxy) is 1. The molecule has 0 amide bonds. The summed E-state index contributed by atoms with van der Waals surface area (Å²) in [5.74, 6) is -0.366. The molecule has 4 heteroatoms. The summed E-state index contributed by atoms with van der Waals surface area (Å²) in [4.78, 5) is 11.0. The van der Waals surface area contributed by atoms with Crippen LogP contribution in [0.1, 0.15) is 27.2 Å². The maximum Gasteiger partial charge on any atom is 0.308 e. The Hall–Kier alpha value is -0.280. The van der Waals surface area contributed by atoms with Crippen molar-refractivity contribution in [3.63, 3.8) is 0 Å². The third-order valence-electron chi connectivity index (χ3n) is 1.00. The molecule has 0 aromatic rings. The van der Waals surface area contributed by atoms with Gasteiger partial charge in [-0.15, -0.1) is 11.6 Å². The number of carbonyl (C=O) groups is 1. The van der Waals surface area contributed by atoms with Crippen molar-refractivity contribution in [3.05, 3.63) is 0 Å². The zero-order chi connectivity index (χ0) is 9.78. The number of alkyl halides is 1. The summed E-state index contributed by atoms with van der Waals surface area (Å²) in [7, 11) is 0. The molecule has 0 rings (SSSR count). The van der Waals surface area contributed by atoms with Gasteiger partial charge < -0.3 is 9.84 Å². The lowest BCUT2D eigenvalue weighted by molar-refractivity contribution is -0.156. The fourth-order valence-corrected chi connectivity index (χ4v) is 0.739. The van der Waals surface area contributed by atoms with E-state index < -0.39 is 17.7 Å². The summed E-state index contributed by atoms with van der Waals surface area (Å²) in [6.07, 6.45) is -0.845. The molecular formula is C8H15ClO3. The SMILES string of the molecule is CC(C)(C)OC(=O)CC(O)CCl. The molecule has 0 saturated heterocycles. The van der Waals surface area contributed by atoms with E-state index in [0.717, 1.165) is 0 Å². The monoisotopic (exact) mass is 194 g/mol. The summed E-state index contributed by atoms with van der Waals surface area (Å²) in [5, 5.41) is 8.99. The molecule has 0 aliphatic heterocycles. The number of aliphatic hydroxyl groups is 1. The molecule has 0 fully saturated rings. The fraction of sp³-hybridized carbons (Fsp3) is 0.875. The van der Waals surface area contributed by atoms with Crippen molar-refractivity contribution >= 4 is 17.6 Å². The minimum atomic E-state index is -0.804. The van der Waals surface area contributed by atoms with Gasteiger partial charge in [0.15, 0.2) is 0 Å². The number of hydrogen-bond donors (Lipinski definition) is 1. The predicted molar refractivity (Wildman–Crippen MR) is 47.2 cm³/mol. The van der Waals surface area contributed by atoms with Crippen LogP contribution in [0.5, 0.6) is 0 Å². The van der Waals surface area contributed by atoms with Gasteiger partial charge in [-0.3, -0.25) is 4.79 Å². The number of aliphatic hydroxyl groups excluding tert-OH is 1. The standard InChI is InChI=1S/C8H15ClO3/c1-8(2,3)12-7(11)4-6(10)5-9/h6,10H,4-5H2,1-3H3. The van der Waals surface area contributed by atoms with Gasteiger partial charge in [-0.1, -0.05) is 0 Å². The Morgan fingerprint density at radius 1 is 1.58 bits per heavy atom. The van der Waals surface area contributed by atoms with E-state index in [4.69, 9.17) is 21.4 Å². The van der Waals surface area contributed by atoms with Gasteiger partial charge in [0.05, 0.1) is 12.5 Å². The number of esters is 1. The fourth-order valence-electron chi connectivity index (χ4n) is 0.630. The highest BCUT2D eigenvalue weighted by molar-refractivity contribution is 6.18. The Morgan fingerprint density at radius 2 is 2.08 bits per heavy atom. The average Bonchev–Trinajstić information content (AvgIpc) is 1.82. The number of halogens is 1. The largest absolute Gasteiger partial charge is 0.460 e. The molecule has 1 unspecified atom stereocenters. The van der Waals surface area contributed by atoms with Crippen molar-refractivity contribution in [2.75, 3.05) is 5.88 Å². The summed E-state index contributed by atoms with van der Waals surface area (Å²) < 4.78 is 4.95. The topological polar surface area (TPSA) is 46.5 Å². The summed E-state index contributed by atoms with van der Waals surface area (Å²) in [6.45, 7) is 5.33. The van der Waals surface area contributed by atoms with Crippen LogP contribution in [0.15, 0.2) is 0 Å². The Bertz CT molecular complexity index is 151. The minimum absolute atomic E-state index is 0.0409. The van der Waals surface area contributed by atoms with E-state index in [1.54, 1.807) is 20.8 Å². The molecule has 0 aliphatic carbocycles. The van der Waals surface area contributed by atoms with Gasteiger partial charge in [0, 0.05) is 5.88 Å². The van der Waals surface area contributed by atoms with Crippen LogP contribution in [0.3, 0.4) is 0 Å². The van der Waals surface area contributed by atoms with E-state index in [9.17, 15) is 4.79 Å². The van der Waals surface area contributed by atoms with Crippen LogP contribution >= 0.6 is 11.6 Å². The minimum Gasteiger partial charge on any atom is -0.460 e. The number of hydrogen-bond acceptors (Lipinski definition) is 3. The molecule has 0 heterocycles. The molecule has 1 atom stereocenters. The van der Waals surface area contributed by atoms with Crippen LogP contribution in [0.2, 0.25) is 0 Å². The summed E-state index contributed by atoms with van der Waals surface area (Å²) in [6, 6.07) is 0. The first-order valence-electron chi connectivity index (χ1n) is 3.81. The number of rotatable bonds is 3. The number of carbonyl (C=O) groups excluding carboxylic acids is 1. The van der Waals surface area contributed by atoms with E-state index in [1.165, 1.54) is 0 Å². The van der Waals surface area contributed by atoms with Crippen molar-refractivity contribution in [2.45, 2.75) is 38.9 Å². The average molecular weight is 195 g/mol. The zero-order valence-electron chi connectivity index (χ0n) is 7.63. The normalized spacial score (nSPS) is 14.1. The van der Waals surface area contributed by atoms with Gasteiger partial charge in [-0.2, -0.15) is 0 Å². The second-order valence-electron chi connectivity index (χ2n) is 3.60. The smallest absolute Gasteiger partial charge is 0.308 e. The van der Waals surface area contributed by atoms with Crippen molar-refractivity contribution in [3.8, 4) is 0 Å². The first-order valence-corrected chi connectivity index (χ1v) is 4.34. The molecule has 12 heavy (non-hydrogen) atoms. The van der Waals surface area contributed by atoms with E-state index in [1.807, 2.05) is 0 Å². The van der Waals surface area contributed by atoms with Crippen molar-refractivity contribution in [2.24, 2.45) is 0 Å². The van der Waals surface area contributed by atoms with Crippen LogP contribution in [0.4, 0.5) is 0 Å². The molecule has 0 bridgehead atoms. The molecule has 0 aliphatic rings. The molecule has 0 aromatic heterocycles. The van der Waals surface area contributed by atoms with Crippen LogP contribution in [-0.4, -0.2) is 28.7 Å². The molecule has 0 spiro atoms. The Kier molecular flexibility index (Phi) is 4.57. The van der Waals surface area contributed by atoms with Crippen LogP contribution in [0, 0.1) is 0 Å². The Balaban J connectivity index is 3.75. The van der Waals surface area contributed by atoms with Gasteiger partial charge in [-0.25, -0.2) is 0 Å². The van der Waals surface area contributed by atoms with Crippen molar-refractivity contribution < 1.29 is 14.6 Å². The second-order valence-corrected chi connectivity index (χ2v) is 3.91. The molecule has 1 N–H and O–H groups in total. The maximum absolute atomic E-state index is 11.0. The van der Waals surface area contributed by atoms with Crippen molar-refractivity contribution in [1.82, 2.24) is 0 Å². The maximum atomic E-state index is 11.0. The molecule has 3 nitrogen and oxygen atoms in total. The lowest BCUT2D eigenvalue weighted by Gasteiger charge is -2.20. The highest BCUT2D eigenvalue weighted by Crippen LogP contribution is 2.09. The molecule has 72 valence electrons.